The van der Waals surface area contributed by atoms with Crippen LogP contribution in [0.5, 0.6) is 0 Å². The lowest BCUT2D eigenvalue weighted by molar-refractivity contribution is 0.0910. The van der Waals surface area contributed by atoms with Crippen LogP contribution in [0.25, 0.3) is 0 Å². The summed E-state index contributed by atoms with van der Waals surface area (Å²) in [6.45, 7) is 5.99. The number of aryl methyl sites for hydroxylation is 2. The van der Waals surface area contributed by atoms with Crippen LogP contribution in [0.2, 0.25) is 0 Å². The maximum absolute atomic E-state index is 10.4. The van der Waals surface area contributed by atoms with Crippen molar-refractivity contribution in [3.63, 3.8) is 0 Å². The first kappa shape index (κ1) is 11.6. The first-order valence-corrected chi connectivity index (χ1v) is 6.00. The summed E-state index contributed by atoms with van der Waals surface area (Å²) in [7, 11) is 1.93. The molecule has 90 valence electrons. The van der Waals surface area contributed by atoms with Crippen LogP contribution in [0.1, 0.15) is 35.9 Å². The largest absolute Gasteiger partial charge is 0.388 e. The molecule has 0 radical (unpaired) electrons. The zero-order chi connectivity index (χ0) is 11.7. The summed E-state index contributed by atoms with van der Waals surface area (Å²) in [6, 6.07) is 0. The second-order valence-corrected chi connectivity index (χ2v) is 4.76. The topological polar surface area (TPSA) is 50.1 Å². The van der Waals surface area contributed by atoms with E-state index < -0.39 is 0 Å². The minimum Gasteiger partial charge on any atom is -0.388 e. The first-order chi connectivity index (χ1) is 7.61. The molecule has 1 fully saturated rings. The molecule has 0 saturated carbocycles. The molecule has 1 aliphatic rings. The van der Waals surface area contributed by atoms with Gasteiger partial charge in [-0.05, 0) is 33.2 Å². The molecular weight excluding hydrogens is 202 g/mol. The molecule has 1 saturated heterocycles. The zero-order valence-electron chi connectivity index (χ0n) is 10.3. The maximum Gasteiger partial charge on any atom is 0.0866 e. The van der Waals surface area contributed by atoms with E-state index in [1.807, 2.05) is 25.6 Å². The van der Waals surface area contributed by atoms with Crippen molar-refractivity contribution >= 4 is 0 Å². The van der Waals surface area contributed by atoms with Crippen LogP contribution in [-0.4, -0.2) is 28.0 Å². The van der Waals surface area contributed by atoms with Gasteiger partial charge >= 0.3 is 0 Å². The number of hydrogen-bond donors (Lipinski definition) is 2. The zero-order valence-corrected chi connectivity index (χ0v) is 10.3. The Balaban J connectivity index is 2.22. The van der Waals surface area contributed by atoms with Crippen LogP contribution in [0, 0.1) is 19.8 Å². The third-order valence-electron chi connectivity index (χ3n) is 3.64. The fourth-order valence-electron chi connectivity index (χ4n) is 2.60. The minimum atomic E-state index is -0.374. The number of hydrogen-bond acceptors (Lipinski definition) is 3. The summed E-state index contributed by atoms with van der Waals surface area (Å²) >= 11 is 0. The van der Waals surface area contributed by atoms with Gasteiger partial charge in [0.25, 0.3) is 0 Å². The predicted octanol–water partition coefficient (Wildman–Crippen LogP) is 1.07. The number of rotatable bonds is 2. The predicted molar refractivity (Wildman–Crippen MR) is 63.2 cm³/mol. The highest BCUT2D eigenvalue weighted by atomic mass is 16.3. The maximum atomic E-state index is 10.4. The van der Waals surface area contributed by atoms with Crippen molar-refractivity contribution in [2.45, 2.75) is 32.8 Å². The van der Waals surface area contributed by atoms with Crippen molar-refractivity contribution < 1.29 is 5.11 Å². The van der Waals surface area contributed by atoms with Crippen LogP contribution >= 0.6 is 0 Å². The third kappa shape index (κ3) is 1.99. The Kier molecular flexibility index (Phi) is 3.30. The molecule has 1 aliphatic heterocycles. The molecule has 0 bridgehead atoms. The first-order valence-electron chi connectivity index (χ1n) is 6.00. The van der Waals surface area contributed by atoms with E-state index in [1.165, 1.54) is 0 Å². The van der Waals surface area contributed by atoms with Gasteiger partial charge in [0.1, 0.15) is 0 Å². The van der Waals surface area contributed by atoms with Gasteiger partial charge in [-0.1, -0.05) is 0 Å². The highest BCUT2D eigenvalue weighted by molar-refractivity contribution is 5.27. The molecule has 4 heteroatoms. The molecule has 4 nitrogen and oxygen atoms in total. The molecule has 0 aliphatic carbocycles. The molecular formula is C12H21N3O. The fraction of sp³-hybridized carbons (Fsp3) is 0.750. The standard InChI is InChI=1S/C12H21N3O/c1-8-11(9(2)15(3)14-8)12(16)10-5-4-6-13-7-10/h10,12-13,16H,4-7H2,1-3H3. The van der Waals surface area contributed by atoms with Crippen LogP contribution in [0.15, 0.2) is 0 Å². The van der Waals surface area contributed by atoms with Crippen LogP contribution < -0.4 is 5.32 Å². The Bertz CT molecular complexity index is 367. The Morgan fingerprint density at radius 3 is 2.75 bits per heavy atom. The van der Waals surface area contributed by atoms with Crippen LogP contribution in [-0.2, 0) is 7.05 Å². The summed E-state index contributed by atoms with van der Waals surface area (Å²) in [5.41, 5.74) is 3.06. The Morgan fingerprint density at radius 2 is 2.25 bits per heavy atom. The normalized spacial score (nSPS) is 23.4. The van der Waals surface area contributed by atoms with Crippen LogP contribution in [0.3, 0.4) is 0 Å². The Labute approximate surface area is 96.7 Å². The number of aromatic nitrogens is 2. The highest BCUT2D eigenvalue weighted by Gasteiger charge is 2.27. The smallest absolute Gasteiger partial charge is 0.0866 e. The van der Waals surface area contributed by atoms with Crippen molar-refractivity contribution in [3.8, 4) is 0 Å². The molecule has 1 aromatic rings. The van der Waals surface area contributed by atoms with E-state index in [2.05, 4.69) is 10.4 Å². The van der Waals surface area contributed by atoms with Crippen molar-refractivity contribution in [1.82, 2.24) is 15.1 Å². The lowest BCUT2D eigenvalue weighted by atomic mass is 9.88. The number of nitrogens with zero attached hydrogens (tertiary/aromatic N) is 2. The number of aliphatic hydroxyl groups excluding tert-OH is 1. The van der Waals surface area contributed by atoms with Gasteiger partial charge in [-0.2, -0.15) is 5.10 Å². The summed E-state index contributed by atoms with van der Waals surface area (Å²) in [5, 5.41) is 18.1. The lowest BCUT2D eigenvalue weighted by Crippen LogP contribution is -2.33. The van der Waals surface area contributed by atoms with E-state index in [1.54, 1.807) is 0 Å². The molecule has 2 unspecified atom stereocenters. The molecule has 2 N–H and O–H groups in total. The van der Waals surface area contributed by atoms with E-state index in [9.17, 15) is 5.11 Å². The molecule has 2 heterocycles. The van der Waals surface area contributed by atoms with Gasteiger partial charge < -0.3 is 10.4 Å². The quantitative estimate of drug-likeness (QED) is 0.788. The van der Waals surface area contributed by atoms with E-state index in [0.29, 0.717) is 5.92 Å². The molecule has 0 amide bonds. The fourth-order valence-corrected chi connectivity index (χ4v) is 2.60. The van der Waals surface area contributed by atoms with Crippen molar-refractivity contribution in [1.29, 1.82) is 0 Å². The molecule has 2 rings (SSSR count). The van der Waals surface area contributed by atoms with E-state index in [4.69, 9.17) is 0 Å². The van der Waals surface area contributed by atoms with Crippen molar-refractivity contribution in [2.24, 2.45) is 13.0 Å². The van der Waals surface area contributed by atoms with Gasteiger partial charge in [-0.15, -0.1) is 0 Å². The van der Waals surface area contributed by atoms with E-state index in [-0.39, 0.29) is 6.10 Å². The van der Waals surface area contributed by atoms with Gasteiger partial charge in [-0.25, -0.2) is 0 Å². The summed E-state index contributed by atoms with van der Waals surface area (Å²) in [4.78, 5) is 0. The number of aliphatic hydroxyl groups is 1. The van der Waals surface area contributed by atoms with Crippen LogP contribution in [0.4, 0.5) is 0 Å². The lowest BCUT2D eigenvalue weighted by Gasteiger charge is -2.27. The van der Waals surface area contributed by atoms with Gasteiger partial charge in [-0.3, -0.25) is 4.68 Å². The molecule has 1 aromatic heterocycles. The monoisotopic (exact) mass is 223 g/mol. The Hall–Kier alpha value is -0.870. The summed E-state index contributed by atoms with van der Waals surface area (Å²) < 4.78 is 1.85. The second-order valence-electron chi connectivity index (χ2n) is 4.76. The number of nitrogens with one attached hydrogen (secondary N) is 1. The Morgan fingerprint density at radius 1 is 1.50 bits per heavy atom. The van der Waals surface area contributed by atoms with Crippen molar-refractivity contribution in [2.75, 3.05) is 13.1 Å². The minimum absolute atomic E-state index is 0.329. The van der Waals surface area contributed by atoms with Gasteiger partial charge in [0, 0.05) is 30.8 Å². The summed E-state index contributed by atoms with van der Waals surface area (Å²) in [5.74, 6) is 0.329. The SMILES string of the molecule is Cc1nn(C)c(C)c1C(O)C1CCCNC1. The average Bonchev–Trinajstić information content (AvgIpc) is 2.54. The third-order valence-corrected chi connectivity index (χ3v) is 3.64. The van der Waals surface area contributed by atoms with Gasteiger partial charge in [0.15, 0.2) is 0 Å². The molecule has 16 heavy (non-hydrogen) atoms. The molecule has 0 aromatic carbocycles. The molecule has 2 atom stereocenters. The highest BCUT2D eigenvalue weighted by Crippen LogP contribution is 2.30. The second kappa shape index (κ2) is 4.55. The van der Waals surface area contributed by atoms with E-state index >= 15 is 0 Å². The van der Waals surface area contributed by atoms with Crippen molar-refractivity contribution in [3.05, 3.63) is 17.0 Å². The van der Waals surface area contributed by atoms with Gasteiger partial charge in [0.2, 0.25) is 0 Å². The molecule has 0 spiro atoms. The average molecular weight is 223 g/mol. The van der Waals surface area contributed by atoms with E-state index in [0.717, 1.165) is 42.9 Å². The van der Waals surface area contributed by atoms with Gasteiger partial charge in [0.05, 0.1) is 11.8 Å². The number of piperidine rings is 1. The summed E-state index contributed by atoms with van der Waals surface area (Å²) in [6.07, 6.45) is 1.88.